The molecule has 2 heterocycles. The lowest BCUT2D eigenvalue weighted by Crippen LogP contribution is -2.33. The molecular weight excluding hydrogens is 387 g/mol. The highest BCUT2D eigenvalue weighted by molar-refractivity contribution is 7.86. The first kappa shape index (κ1) is 17.4. The summed E-state index contributed by atoms with van der Waals surface area (Å²) in [4.78, 5) is 5.05. The molecule has 1 unspecified atom stereocenters. The van der Waals surface area contributed by atoms with Crippen molar-refractivity contribution in [2.24, 2.45) is 0 Å². The van der Waals surface area contributed by atoms with Gasteiger partial charge in [0, 0.05) is 21.5 Å². The van der Waals surface area contributed by atoms with Crippen LogP contribution in [0.3, 0.4) is 0 Å². The summed E-state index contributed by atoms with van der Waals surface area (Å²) in [5.41, 5.74) is 4.95. The van der Waals surface area contributed by atoms with Crippen LogP contribution >= 0.6 is 7.14 Å². The molecule has 4 heteroatoms. The number of hydrogen-bond donors (Lipinski definition) is 0. The molecule has 0 amide bonds. The third-order valence-electron chi connectivity index (χ3n) is 5.94. The lowest BCUT2D eigenvalue weighted by Gasteiger charge is -2.29. The molecule has 6 rings (SSSR count). The molecular formula is C26H19N2OP. The van der Waals surface area contributed by atoms with Gasteiger partial charge in [0.25, 0.3) is 0 Å². The molecule has 1 aliphatic heterocycles. The molecule has 0 fully saturated rings. The lowest BCUT2D eigenvalue weighted by molar-refractivity contribution is 0.592. The third kappa shape index (κ3) is 2.21. The number of rotatable bonds is 2. The minimum atomic E-state index is -3.02. The highest BCUT2D eigenvalue weighted by Crippen LogP contribution is 2.50. The second-order valence-corrected chi connectivity index (χ2v) is 10.4. The van der Waals surface area contributed by atoms with Crippen LogP contribution in [0.1, 0.15) is 5.56 Å². The maximum Gasteiger partial charge on any atom is 0.175 e. The van der Waals surface area contributed by atoms with Gasteiger partial charge in [-0.05, 0) is 30.7 Å². The molecule has 1 aliphatic rings. The molecule has 0 saturated carbocycles. The van der Waals surface area contributed by atoms with Crippen molar-refractivity contribution in [2.45, 2.75) is 6.92 Å². The van der Waals surface area contributed by atoms with Gasteiger partial charge in [-0.25, -0.2) is 4.98 Å². The third-order valence-corrected chi connectivity index (χ3v) is 9.06. The van der Waals surface area contributed by atoms with E-state index in [4.69, 9.17) is 4.98 Å². The summed E-state index contributed by atoms with van der Waals surface area (Å²) in [7, 11) is -3.02. The van der Waals surface area contributed by atoms with E-state index in [1.54, 1.807) is 0 Å². The summed E-state index contributed by atoms with van der Waals surface area (Å²) in [6, 6.07) is 32.2. The van der Waals surface area contributed by atoms with Crippen molar-refractivity contribution in [3.05, 3.63) is 103 Å². The maximum atomic E-state index is 14.9. The van der Waals surface area contributed by atoms with Crippen LogP contribution in [-0.4, -0.2) is 9.55 Å². The number of hydrogen-bond acceptors (Lipinski definition) is 2. The zero-order valence-corrected chi connectivity index (χ0v) is 17.4. The van der Waals surface area contributed by atoms with Crippen LogP contribution < -0.4 is 15.9 Å². The molecule has 3 nitrogen and oxygen atoms in total. The Kier molecular flexibility index (Phi) is 3.65. The van der Waals surface area contributed by atoms with Crippen molar-refractivity contribution in [1.29, 1.82) is 0 Å². The van der Waals surface area contributed by atoms with Gasteiger partial charge in [0.05, 0.1) is 16.7 Å². The summed E-state index contributed by atoms with van der Waals surface area (Å²) >= 11 is 0. The molecule has 5 aromatic rings. The van der Waals surface area contributed by atoms with E-state index in [1.165, 1.54) is 0 Å². The van der Waals surface area contributed by atoms with Gasteiger partial charge in [0.15, 0.2) is 7.14 Å². The fourth-order valence-electron chi connectivity index (χ4n) is 4.53. The van der Waals surface area contributed by atoms with Crippen LogP contribution in [0.2, 0.25) is 0 Å². The number of imidazole rings is 1. The van der Waals surface area contributed by atoms with E-state index < -0.39 is 7.14 Å². The Morgan fingerprint density at radius 3 is 2.17 bits per heavy atom. The van der Waals surface area contributed by atoms with Crippen LogP contribution in [0.4, 0.5) is 0 Å². The predicted octanol–water partition coefficient (Wildman–Crippen LogP) is 4.95. The average Bonchev–Trinajstić information content (AvgIpc) is 3.21. The standard InChI is InChI=1S/C26H19N2OP/c1-18-16-17-23-25-24(18)27-26(19-10-4-2-5-11-19)28(25)21-14-8-9-15-22(21)30(23,29)20-12-6-3-7-13-20/h2-17H,1H3. The van der Waals surface area contributed by atoms with Crippen LogP contribution in [0.25, 0.3) is 28.1 Å². The molecule has 4 aromatic carbocycles. The van der Waals surface area contributed by atoms with Crippen LogP contribution in [-0.2, 0) is 4.57 Å². The van der Waals surface area contributed by atoms with Gasteiger partial charge in [-0.3, -0.25) is 4.57 Å². The van der Waals surface area contributed by atoms with Crippen molar-refractivity contribution in [3.63, 3.8) is 0 Å². The average molecular weight is 406 g/mol. The Morgan fingerprint density at radius 1 is 0.733 bits per heavy atom. The SMILES string of the molecule is Cc1ccc2c3c1nc(-c1ccccc1)n3-c1ccccc1P2(=O)c1ccccc1. The van der Waals surface area contributed by atoms with Crippen LogP contribution in [0.15, 0.2) is 97.1 Å². The van der Waals surface area contributed by atoms with Gasteiger partial charge in [-0.15, -0.1) is 0 Å². The molecule has 1 atom stereocenters. The molecule has 144 valence electrons. The molecule has 0 N–H and O–H groups in total. The summed E-state index contributed by atoms with van der Waals surface area (Å²) in [6.45, 7) is 2.07. The Hall–Kier alpha value is -3.42. The zero-order chi connectivity index (χ0) is 20.3. The van der Waals surface area contributed by atoms with Gasteiger partial charge < -0.3 is 4.57 Å². The van der Waals surface area contributed by atoms with Gasteiger partial charge >= 0.3 is 0 Å². The van der Waals surface area contributed by atoms with E-state index in [0.717, 1.165) is 49.6 Å². The lowest BCUT2D eigenvalue weighted by atomic mass is 10.2. The number of para-hydroxylation sites is 1. The van der Waals surface area contributed by atoms with Crippen molar-refractivity contribution in [1.82, 2.24) is 9.55 Å². The number of nitrogens with zero attached hydrogens (tertiary/aromatic N) is 2. The highest BCUT2D eigenvalue weighted by atomic mass is 31.2. The second-order valence-electron chi connectivity index (χ2n) is 7.67. The largest absolute Gasteiger partial charge is 0.308 e. The predicted molar refractivity (Wildman–Crippen MR) is 124 cm³/mol. The van der Waals surface area contributed by atoms with E-state index in [0.29, 0.717) is 0 Å². The fraction of sp³-hybridized carbons (Fsp3) is 0.0385. The smallest absolute Gasteiger partial charge is 0.175 e. The number of aryl methyl sites for hydroxylation is 1. The highest BCUT2D eigenvalue weighted by Gasteiger charge is 2.40. The first-order valence-electron chi connectivity index (χ1n) is 10.0. The first-order chi connectivity index (χ1) is 14.7. The van der Waals surface area contributed by atoms with Crippen LogP contribution in [0.5, 0.6) is 0 Å². The molecule has 0 saturated heterocycles. The molecule has 30 heavy (non-hydrogen) atoms. The van der Waals surface area contributed by atoms with Gasteiger partial charge in [0.1, 0.15) is 5.82 Å². The van der Waals surface area contributed by atoms with E-state index in [-0.39, 0.29) is 0 Å². The molecule has 0 radical (unpaired) electrons. The Labute approximate surface area is 175 Å². The maximum absolute atomic E-state index is 14.9. The fourth-order valence-corrected chi connectivity index (χ4v) is 7.52. The van der Waals surface area contributed by atoms with Gasteiger partial charge in [-0.1, -0.05) is 78.9 Å². The molecule has 1 aromatic heterocycles. The summed E-state index contributed by atoms with van der Waals surface area (Å²) in [6.07, 6.45) is 0. The first-order valence-corrected chi connectivity index (χ1v) is 11.7. The van der Waals surface area contributed by atoms with Crippen LogP contribution in [0, 0.1) is 6.92 Å². The van der Waals surface area contributed by atoms with E-state index in [2.05, 4.69) is 29.7 Å². The topological polar surface area (TPSA) is 34.9 Å². The van der Waals surface area contributed by atoms with Crippen molar-refractivity contribution in [3.8, 4) is 17.1 Å². The monoisotopic (exact) mass is 406 g/mol. The van der Waals surface area contributed by atoms with Gasteiger partial charge in [-0.2, -0.15) is 0 Å². The molecule has 0 spiro atoms. The number of benzene rings is 4. The number of aromatic nitrogens is 2. The van der Waals surface area contributed by atoms with Gasteiger partial charge in [0.2, 0.25) is 0 Å². The minimum absolute atomic E-state index is 0.858. The Bertz CT molecular complexity index is 1470. The molecule has 0 bridgehead atoms. The second kappa shape index (κ2) is 6.29. The Balaban J connectivity index is 1.83. The quantitative estimate of drug-likeness (QED) is 0.381. The Morgan fingerprint density at radius 2 is 1.40 bits per heavy atom. The van der Waals surface area contributed by atoms with Crippen molar-refractivity contribution >= 4 is 34.1 Å². The summed E-state index contributed by atoms with van der Waals surface area (Å²) < 4.78 is 17.1. The van der Waals surface area contributed by atoms with Crippen molar-refractivity contribution in [2.75, 3.05) is 0 Å². The summed E-state index contributed by atoms with van der Waals surface area (Å²) in [5, 5.41) is 2.59. The summed E-state index contributed by atoms with van der Waals surface area (Å²) in [5.74, 6) is 0.882. The number of fused-ring (bicyclic) bond motifs is 2. The van der Waals surface area contributed by atoms with E-state index >= 15 is 0 Å². The van der Waals surface area contributed by atoms with E-state index in [1.807, 2.05) is 78.9 Å². The minimum Gasteiger partial charge on any atom is -0.308 e. The molecule has 0 aliphatic carbocycles. The zero-order valence-electron chi connectivity index (χ0n) is 16.5. The normalized spacial score (nSPS) is 17.1. The van der Waals surface area contributed by atoms with Crippen molar-refractivity contribution < 1.29 is 4.57 Å². The van der Waals surface area contributed by atoms with E-state index in [9.17, 15) is 4.57 Å².